The third-order valence-electron chi connectivity index (χ3n) is 3.78. The van der Waals surface area contributed by atoms with E-state index in [1.165, 1.54) is 12.3 Å². The van der Waals surface area contributed by atoms with Crippen LogP contribution < -0.4 is 10.2 Å². The largest absolute Gasteiger partial charge is 0.507 e. The topological polar surface area (TPSA) is 70.9 Å². The van der Waals surface area contributed by atoms with E-state index in [9.17, 15) is 9.90 Å². The van der Waals surface area contributed by atoms with Crippen LogP contribution >= 0.6 is 31.9 Å². The van der Waals surface area contributed by atoms with Crippen LogP contribution in [-0.2, 0) is 6.61 Å². The zero-order valence-corrected chi connectivity index (χ0v) is 17.8. The van der Waals surface area contributed by atoms with Crippen molar-refractivity contribution < 1.29 is 14.6 Å². The van der Waals surface area contributed by atoms with Crippen molar-refractivity contribution in [1.82, 2.24) is 5.43 Å². The Labute approximate surface area is 179 Å². The number of rotatable bonds is 6. The maximum absolute atomic E-state index is 12.6. The highest BCUT2D eigenvalue weighted by Crippen LogP contribution is 2.24. The number of amides is 1. The van der Waals surface area contributed by atoms with Gasteiger partial charge in [-0.3, -0.25) is 4.79 Å². The Morgan fingerprint density at radius 1 is 1.04 bits per heavy atom. The highest BCUT2D eigenvalue weighted by Gasteiger charge is 2.13. The molecule has 0 atom stereocenters. The molecule has 2 N–H and O–H groups in total. The number of phenolic OH excluding ortho intramolecular Hbond substituents is 1. The van der Waals surface area contributed by atoms with E-state index in [-0.39, 0.29) is 5.75 Å². The van der Waals surface area contributed by atoms with Crippen molar-refractivity contribution in [3.8, 4) is 11.5 Å². The summed E-state index contributed by atoms with van der Waals surface area (Å²) in [5.41, 5.74) is 4.29. The molecule has 7 heteroatoms. The van der Waals surface area contributed by atoms with Gasteiger partial charge < -0.3 is 9.84 Å². The van der Waals surface area contributed by atoms with Crippen molar-refractivity contribution in [3.63, 3.8) is 0 Å². The van der Waals surface area contributed by atoms with Gasteiger partial charge in [-0.2, -0.15) is 5.10 Å². The second kappa shape index (κ2) is 9.52. The van der Waals surface area contributed by atoms with Crippen molar-refractivity contribution in [2.75, 3.05) is 0 Å². The minimum atomic E-state index is -0.421. The monoisotopic (exact) mass is 502 g/mol. The first-order valence-electron chi connectivity index (χ1n) is 8.31. The van der Waals surface area contributed by atoms with Crippen LogP contribution in [0.3, 0.4) is 0 Å². The molecule has 0 bridgehead atoms. The Morgan fingerprint density at radius 2 is 1.75 bits per heavy atom. The summed E-state index contributed by atoms with van der Waals surface area (Å²) in [5, 5.41) is 13.8. The van der Waals surface area contributed by atoms with E-state index in [0.29, 0.717) is 23.5 Å². The first-order chi connectivity index (χ1) is 13.5. The van der Waals surface area contributed by atoms with E-state index in [4.69, 9.17) is 4.74 Å². The van der Waals surface area contributed by atoms with Crippen LogP contribution in [0.1, 0.15) is 21.5 Å². The first kappa shape index (κ1) is 20.1. The molecule has 0 fully saturated rings. The number of hydrazone groups is 1. The number of benzene rings is 3. The van der Waals surface area contributed by atoms with Gasteiger partial charge in [0, 0.05) is 14.5 Å². The molecule has 0 saturated carbocycles. The Bertz CT molecular complexity index is 1010. The number of carbonyl (C=O) groups excluding carboxylic acids is 1. The number of nitrogens with zero attached hydrogens (tertiary/aromatic N) is 1. The van der Waals surface area contributed by atoms with Gasteiger partial charge >= 0.3 is 0 Å². The van der Waals surface area contributed by atoms with Crippen LogP contribution in [0.25, 0.3) is 0 Å². The summed E-state index contributed by atoms with van der Waals surface area (Å²) < 4.78 is 7.36. The van der Waals surface area contributed by atoms with Gasteiger partial charge in [-0.05, 0) is 42.0 Å². The zero-order valence-electron chi connectivity index (χ0n) is 14.6. The van der Waals surface area contributed by atoms with Gasteiger partial charge in [0.2, 0.25) is 0 Å². The molecular weight excluding hydrogens is 488 g/mol. The van der Waals surface area contributed by atoms with E-state index in [1.807, 2.05) is 30.3 Å². The number of carbonyl (C=O) groups is 1. The molecule has 0 radical (unpaired) electrons. The summed E-state index contributed by atoms with van der Waals surface area (Å²) in [4.78, 5) is 12.6. The molecule has 0 aliphatic carbocycles. The minimum absolute atomic E-state index is 0.0653. The number of nitrogens with one attached hydrogen (secondary N) is 1. The average Bonchev–Trinajstić information content (AvgIpc) is 2.70. The Hall–Kier alpha value is -2.64. The smallest absolute Gasteiger partial charge is 0.275 e. The lowest BCUT2D eigenvalue weighted by molar-refractivity contribution is 0.0950. The fourth-order valence-electron chi connectivity index (χ4n) is 2.39. The Morgan fingerprint density at radius 3 is 2.54 bits per heavy atom. The zero-order chi connectivity index (χ0) is 19.9. The molecule has 0 heterocycles. The molecule has 0 aliphatic rings. The lowest BCUT2D eigenvalue weighted by Crippen LogP contribution is -2.19. The van der Waals surface area contributed by atoms with Gasteiger partial charge in [0.05, 0.1) is 11.8 Å². The van der Waals surface area contributed by atoms with Gasteiger partial charge in [-0.15, -0.1) is 0 Å². The Kier molecular flexibility index (Phi) is 6.84. The van der Waals surface area contributed by atoms with Crippen molar-refractivity contribution >= 4 is 44.0 Å². The third-order valence-corrected chi connectivity index (χ3v) is 4.77. The van der Waals surface area contributed by atoms with Crippen molar-refractivity contribution in [3.05, 3.63) is 92.4 Å². The highest BCUT2D eigenvalue weighted by atomic mass is 79.9. The maximum Gasteiger partial charge on any atom is 0.275 e. The molecular formula is C21H16Br2N2O3. The predicted octanol–water partition coefficient (Wildman–Crippen LogP) is 5.26. The molecule has 0 spiro atoms. The Balaban J connectivity index is 1.72. The molecule has 0 aliphatic heterocycles. The third kappa shape index (κ3) is 5.43. The molecule has 3 aromatic rings. The summed E-state index contributed by atoms with van der Waals surface area (Å²) in [6, 6.07) is 19.8. The quantitative estimate of drug-likeness (QED) is 0.356. The van der Waals surface area contributed by atoms with Gasteiger partial charge in [0.15, 0.2) is 0 Å². The molecule has 3 aromatic carbocycles. The standard InChI is InChI=1S/C21H16Br2N2O3/c22-16-6-8-19(26)15(10-16)12-24-25-21(27)18-11-17(23)7-9-20(18)28-13-14-4-2-1-3-5-14/h1-12,26H,13H2,(H,25,27)/b24-12-. The fourth-order valence-corrected chi connectivity index (χ4v) is 3.13. The lowest BCUT2D eigenvalue weighted by Gasteiger charge is -2.11. The molecule has 0 aromatic heterocycles. The van der Waals surface area contributed by atoms with E-state index in [1.54, 1.807) is 30.3 Å². The number of halogens is 2. The van der Waals surface area contributed by atoms with Crippen molar-refractivity contribution in [2.45, 2.75) is 6.61 Å². The van der Waals surface area contributed by atoms with Crippen molar-refractivity contribution in [2.24, 2.45) is 5.10 Å². The van der Waals surface area contributed by atoms with Crippen LogP contribution in [-0.4, -0.2) is 17.2 Å². The SMILES string of the molecule is O=C(N/N=C\c1cc(Br)ccc1O)c1cc(Br)ccc1OCc1ccccc1. The number of ether oxygens (including phenoxy) is 1. The molecule has 142 valence electrons. The van der Waals surface area contributed by atoms with Crippen LogP contribution in [0.4, 0.5) is 0 Å². The normalized spacial score (nSPS) is 10.8. The van der Waals surface area contributed by atoms with E-state index >= 15 is 0 Å². The predicted molar refractivity (Wildman–Crippen MR) is 116 cm³/mol. The summed E-state index contributed by atoms with van der Waals surface area (Å²) in [7, 11) is 0. The lowest BCUT2D eigenvalue weighted by atomic mass is 10.2. The minimum Gasteiger partial charge on any atom is -0.507 e. The van der Waals surface area contributed by atoms with Gasteiger partial charge in [0.25, 0.3) is 5.91 Å². The number of hydrogen-bond acceptors (Lipinski definition) is 4. The fraction of sp³-hybridized carbons (Fsp3) is 0.0476. The molecule has 28 heavy (non-hydrogen) atoms. The molecule has 5 nitrogen and oxygen atoms in total. The van der Waals surface area contributed by atoms with Gasteiger partial charge in [-0.25, -0.2) is 5.43 Å². The molecule has 0 unspecified atom stereocenters. The second-order valence-corrected chi connectivity index (χ2v) is 7.65. The summed E-state index contributed by atoms with van der Waals surface area (Å²) >= 11 is 6.70. The van der Waals surface area contributed by atoms with Crippen LogP contribution in [0.5, 0.6) is 11.5 Å². The van der Waals surface area contributed by atoms with Gasteiger partial charge in [0.1, 0.15) is 18.1 Å². The molecule has 0 saturated heterocycles. The number of hydrogen-bond donors (Lipinski definition) is 2. The van der Waals surface area contributed by atoms with Crippen molar-refractivity contribution in [1.29, 1.82) is 0 Å². The van der Waals surface area contributed by atoms with Crippen LogP contribution in [0, 0.1) is 0 Å². The number of aromatic hydroxyl groups is 1. The van der Waals surface area contributed by atoms with E-state index in [0.717, 1.165) is 14.5 Å². The van der Waals surface area contributed by atoms with E-state index < -0.39 is 5.91 Å². The van der Waals surface area contributed by atoms with Gasteiger partial charge in [-0.1, -0.05) is 62.2 Å². The van der Waals surface area contributed by atoms with E-state index in [2.05, 4.69) is 42.4 Å². The average molecular weight is 504 g/mol. The summed E-state index contributed by atoms with van der Waals surface area (Å²) in [6.45, 7) is 0.345. The maximum atomic E-state index is 12.6. The summed E-state index contributed by atoms with van der Waals surface area (Å²) in [6.07, 6.45) is 1.38. The highest BCUT2D eigenvalue weighted by molar-refractivity contribution is 9.10. The van der Waals surface area contributed by atoms with Crippen LogP contribution in [0.15, 0.2) is 80.8 Å². The first-order valence-corrected chi connectivity index (χ1v) is 9.90. The molecule has 3 rings (SSSR count). The second-order valence-electron chi connectivity index (χ2n) is 5.82. The number of phenols is 1. The summed E-state index contributed by atoms with van der Waals surface area (Å²) in [5.74, 6) is 0.0932. The molecule has 1 amide bonds. The van der Waals surface area contributed by atoms with Crippen LogP contribution in [0.2, 0.25) is 0 Å².